The van der Waals surface area contributed by atoms with Gasteiger partial charge in [0.05, 0.1) is 12.0 Å². The van der Waals surface area contributed by atoms with E-state index in [9.17, 15) is 9.59 Å². The van der Waals surface area contributed by atoms with Crippen LogP contribution in [0.2, 0.25) is 0 Å². The maximum atomic E-state index is 12.0. The quantitative estimate of drug-likeness (QED) is 0.858. The second kappa shape index (κ2) is 6.36. The smallest absolute Gasteiger partial charge is 0.307 e. The third kappa shape index (κ3) is 4.09. The Bertz CT molecular complexity index is 470. The van der Waals surface area contributed by atoms with Crippen LogP contribution >= 0.6 is 0 Å². The summed E-state index contributed by atoms with van der Waals surface area (Å²) in [7, 11) is 0. The third-order valence-electron chi connectivity index (χ3n) is 3.45. The standard InChI is InChI=1S/C15H21NO3/c1-9-6-5-7-13(8-9)12(4)16-14(17)10(2)11(3)15(18)19/h5-8,10-12H,1-4H3,(H,16,17)(H,18,19)/t10?,11?,12-/m0/s1. The van der Waals surface area contributed by atoms with E-state index in [4.69, 9.17) is 5.11 Å². The zero-order valence-electron chi connectivity index (χ0n) is 11.8. The van der Waals surface area contributed by atoms with Crippen molar-refractivity contribution >= 4 is 11.9 Å². The Kier molecular flexibility index (Phi) is 5.10. The summed E-state index contributed by atoms with van der Waals surface area (Å²) in [5, 5.41) is 11.8. The van der Waals surface area contributed by atoms with Gasteiger partial charge in [-0.05, 0) is 19.4 Å². The first-order valence-electron chi connectivity index (χ1n) is 6.42. The highest BCUT2D eigenvalue weighted by Crippen LogP contribution is 2.17. The minimum Gasteiger partial charge on any atom is -0.481 e. The molecular weight excluding hydrogens is 242 g/mol. The molecule has 2 unspecified atom stereocenters. The van der Waals surface area contributed by atoms with E-state index in [0.29, 0.717) is 0 Å². The van der Waals surface area contributed by atoms with Gasteiger partial charge in [0.2, 0.25) is 5.91 Å². The van der Waals surface area contributed by atoms with E-state index in [0.717, 1.165) is 11.1 Å². The molecule has 1 aromatic carbocycles. The van der Waals surface area contributed by atoms with Gasteiger partial charge >= 0.3 is 5.97 Å². The zero-order chi connectivity index (χ0) is 14.6. The van der Waals surface area contributed by atoms with Crippen molar-refractivity contribution in [1.29, 1.82) is 0 Å². The molecule has 1 amide bonds. The zero-order valence-corrected chi connectivity index (χ0v) is 11.8. The number of aryl methyl sites for hydroxylation is 1. The maximum Gasteiger partial charge on any atom is 0.307 e. The minimum atomic E-state index is -0.953. The molecule has 3 atom stereocenters. The van der Waals surface area contributed by atoms with E-state index in [1.165, 1.54) is 0 Å². The fraction of sp³-hybridized carbons (Fsp3) is 0.467. The van der Waals surface area contributed by atoms with Gasteiger partial charge in [-0.3, -0.25) is 9.59 Å². The topological polar surface area (TPSA) is 66.4 Å². The molecule has 0 spiro atoms. The van der Waals surface area contributed by atoms with Crippen molar-refractivity contribution in [2.75, 3.05) is 0 Å². The average molecular weight is 263 g/mol. The summed E-state index contributed by atoms with van der Waals surface area (Å²) in [6.45, 7) is 7.07. The number of amides is 1. The van der Waals surface area contributed by atoms with Gasteiger partial charge in [-0.15, -0.1) is 0 Å². The van der Waals surface area contributed by atoms with Crippen LogP contribution in [-0.2, 0) is 9.59 Å². The summed E-state index contributed by atoms with van der Waals surface area (Å²) in [5.41, 5.74) is 2.15. The van der Waals surface area contributed by atoms with Crippen LogP contribution in [0.4, 0.5) is 0 Å². The molecule has 4 heteroatoms. The van der Waals surface area contributed by atoms with Gasteiger partial charge in [0, 0.05) is 5.92 Å². The Labute approximate surface area is 113 Å². The molecule has 0 heterocycles. The lowest BCUT2D eigenvalue weighted by Crippen LogP contribution is -2.36. The monoisotopic (exact) mass is 263 g/mol. The second-order valence-corrected chi connectivity index (χ2v) is 5.06. The molecule has 0 saturated heterocycles. The van der Waals surface area contributed by atoms with Gasteiger partial charge in [0.15, 0.2) is 0 Å². The van der Waals surface area contributed by atoms with Crippen LogP contribution in [-0.4, -0.2) is 17.0 Å². The number of carbonyl (C=O) groups is 2. The Morgan fingerprint density at radius 1 is 1.16 bits per heavy atom. The highest BCUT2D eigenvalue weighted by molar-refractivity contribution is 5.84. The van der Waals surface area contributed by atoms with Crippen molar-refractivity contribution in [1.82, 2.24) is 5.32 Å². The summed E-state index contributed by atoms with van der Waals surface area (Å²) in [5.74, 6) is -2.43. The highest BCUT2D eigenvalue weighted by atomic mass is 16.4. The van der Waals surface area contributed by atoms with E-state index >= 15 is 0 Å². The predicted octanol–water partition coefficient (Wildman–Crippen LogP) is 2.53. The number of hydrogen-bond donors (Lipinski definition) is 2. The molecule has 0 fully saturated rings. The van der Waals surface area contributed by atoms with Crippen molar-refractivity contribution in [2.24, 2.45) is 11.8 Å². The average Bonchev–Trinajstić information content (AvgIpc) is 2.36. The second-order valence-electron chi connectivity index (χ2n) is 5.06. The Balaban J connectivity index is 2.69. The summed E-state index contributed by atoms with van der Waals surface area (Å²) in [6.07, 6.45) is 0. The van der Waals surface area contributed by atoms with Gasteiger partial charge in [-0.1, -0.05) is 43.7 Å². The molecular formula is C15H21NO3. The number of carbonyl (C=O) groups excluding carboxylic acids is 1. The van der Waals surface area contributed by atoms with Crippen molar-refractivity contribution in [2.45, 2.75) is 33.7 Å². The molecule has 0 aromatic heterocycles. The van der Waals surface area contributed by atoms with Crippen LogP contribution in [0.15, 0.2) is 24.3 Å². The Morgan fingerprint density at radius 3 is 2.32 bits per heavy atom. The number of hydrogen-bond acceptors (Lipinski definition) is 2. The summed E-state index contributed by atoms with van der Waals surface area (Å²) >= 11 is 0. The van der Waals surface area contributed by atoms with E-state index in [1.807, 2.05) is 38.1 Å². The van der Waals surface area contributed by atoms with E-state index in [2.05, 4.69) is 5.32 Å². The van der Waals surface area contributed by atoms with Gasteiger partial charge in [-0.2, -0.15) is 0 Å². The van der Waals surface area contributed by atoms with Crippen molar-refractivity contribution in [3.63, 3.8) is 0 Å². The molecule has 2 N–H and O–H groups in total. The van der Waals surface area contributed by atoms with Crippen LogP contribution in [0.1, 0.15) is 37.9 Å². The van der Waals surface area contributed by atoms with Gasteiger partial charge in [0.1, 0.15) is 0 Å². The third-order valence-corrected chi connectivity index (χ3v) is 3.45. The molecule has 0 aliphatic rings. The largest absolute Gasteiger partial charge is 0.481 e. The van der Waals surface area contributed by atoms with E-state index < -0.39 is 17.8 Å². The van der Waals surface area contributed by atoms with Crippen molar-refractivity contribution in [3.05, 3.63) is 35.4 Å². The first-order chi connectivity index (χ1) is 8.82. The minimum absolute atomic E-state index is 0.129. The molecule has 4 nitrogen and oxygen atoms in total. The number of aliphatic carboxylic acids is 1. The molecule has 1 rings (SSSR count). The van der Waals surface area contributed by atoms with Crippen LogP contribution in [0.5, 0.6) is 0 Å². The number of carboxylic acid groups (broad SMARTS) is 1. The number of rotatable bonds is 5. The van der Waals surface area contributed by atoms with Crippen LogP contribution in [0.25, 0.3) is 0 Å². The van der Waals surface area contributed by atoms with E-state index in [1.54, 1.807) is 13.8 Å². The predicted molar refractivity (Wildman–Crippen MR) is 73.7 cm³/mol. The maximum absolute atomic E-state index is 12.0. The summed E-state index contributed by atoms with van der Waals surface area (Å²) in [6, 6.07) is 7.76. The lowest BCUT2D eigenvalue weighted by Gasteiger charge is -2.20. The van der Waals surface area contributed by atoms with Crippen LogP contribution in [0, 0.1) is 18.8 Å². The Morgan fingerprint density at radius 2 is 1.79 bits per heavy atom. The molecule has 1 aromatic rings. The van der Waals surface area contributed by atoms with Crippen molar-refractivity contribution < 1.29 is 14.7 Å². The first-order valence-corrected chi connectivity index (χ1v) is 6.42. The van der Waals surface area contributed by atoms with Gasteiger partial charge in [0.25, 0.3) is 0 Å². The Hall–Kier alpha value is -1.84. The van der Waals surface area contributed by atoms with E-state index in [-0.39, 0.29) is 11.9 Å². The number of nitrogens with one attached hydrogen (secondary N) is 1. The van der Waals surface area contributed by atoms with Gasteiger partial charge < -0.3 is 10.4 Å². The number of carboxylic acids is 1. The summed E-state index contributed by atoms with van der Waals surface area (Å²) < 4.78 is 0. The van der Waals surface area contributed by atoms with Gasteiger partial charge in [-0.25, -0.2) is 0 Å². The molecule has 19 heavy (non-hydrogen) atoms. The fourth-order valence-corrected chi connectivity index (χ4v) is 1.81. The fourth-order valence-electron chi connectivity index (χ4n) is 1.81. The van der Waals surface area contributed by atoms with Crippen LogP contribution in [0.3, 0.4) is 0 Å². The summed E-state index contributed by atoms with van der Waals surface area (Å²) in [4.78, 5) is 22.8. The van der Waals surface area contributed by atoms with Crippen LogP contribution < -0.4 is 5.32 Å². The molecule has 0 radical (unpaired) electrons. The normalized spacial score (nSPS) is 15.4. The lowest BCUT2D eigenvalue weighted by molar-refractivity contribution is -0.146. The van der Waals surface area contributed by atoms with Crippen molar-refractivity contribution in [3.8, 4) is 0 Å². The number of benzene rings is 1. The molecule has 0 bridgehead atoms. The highest BCUT2D eigenvalue weighted by Gasteiger charge is 2.26. The molecule has 0 aliphatic heterocycles. The SMILES string of the molecule is Cc1cccc([C@H](C)NC(=O)C(C)C(C)C(=O)O)c1. The molecule has 0 aliphatic carbocycles. The lowest BCUT2D eigenvalue weighted by atomic mass is 9.94. The first kappa shape index (κ1) is 15.2. The molecule has 104 valence electrons. The molecule has 0 saturated carbocycles.